The molecule has 0 aromatic heterocycles. The molecule has 98 valence electrons. The molecule has 1 aliphatic rings. The van der Waals surface area contributed by atoms with Gasteiger partial charge in [-0.1, -0.05) is 0 Å². The number of carbonyl (C=O) groups excluding carboxylic acids is 2. The summed E-state index contributed by atoms with van der Waals surface area (Å²) in [5.74, 6) is -0.313. The van der Waals surface area contributed by atoms with Crippen molar-refractivity contribution in [1.29, 1.82) is 0 Å². The summed E-state index contributed by atoms with van der Waals surface area (Å²) in [6, 6.07) is -0.00347. The Morgan fingerprint density at radius 3 is 1.65 bits per heavy atom. The molecule has 0 aliphatic carbocycles. The lowest BCUT2D eigenvalue weighted by molar-refractivity contribution is -0.146. The Labute approximate surface area is 104 Å². The Morgan fingerprint density at radius 1 is 1.00 bits per heavy atom. The highest BCUT2D eigenvalue weighted by molar-refractivity contribution is 5.93. The summed E-state index contributed by atoms with van der Waals surface area (Å²) in [6.07, 6.45) is 1.60. The fourth-order valence-electron chi connectivity index (χ4n) is 3.19. The molecule has 2 amide bonds. The van der Waals surface area contributed by atoms with E-state index < -0.39 is 0 Å². The van der Waals surface area contributed by atoms with Gasteiger partial charge in [-0.15, -0.1) is 0 Å². The van der Waals surface area contributed by atoms with Crippen LogP contribution in [0.5, 0.6) is 0 Å². The van der Waals surface area contributed by atoms with E-state index in [0.29, 0.717) is 0 Å². The normalized spacial score (nSPS) is 23.2. The van der Waals surface area contributed by atoms with Crippen molar-refractivity contribution in [2.45, 2.75) is 71.5 Å². The zero-order valence-corrected chi connectivity index (χ0v) is 11.8. The quantitative estimate of drug-likeness (QED) is 0.759. The van der Waals surface area contributed by atoms with Gasteiger partial charge in [0, 0.05) is 31.0 Å². The van der Waals surface area contributed by atoms with Gasteiger partial charge in [-0.05, 0) is 40.5 Å². The molecule has 0 atom stereocenters. The minimum absolute atomic E-state index is 0.00347. The monoisotopic (exact) mass is 240 g/mol. The highest BCUT2D eigenvalue weighted by Crippen LogP contribution is 2.31. The van der Waals surface area contributed by atoms with E-state index in [-0.39, 0.29) is 28.9 Å². The van der Waals surface area contributed by atoms with Crippen molar-refractivity contribution in [2.24, 2.45) is 0 Å². The van der Waals surface area contributed by atoms with Gasteiger partial charge in [0.1, 0.15) is 0 Å². The number of nitrogens with zero attached hydrogens (tertiary/aromatic N) is 1. The number of rotatable bonds is 1. The van der Waals surface area contributed by atoms with Gasteiger partial charge in [-0.3, -0.25) is 14.5 Å². The summed E-state index contributed by atoms with van der Waals surface area (Å²) in [4.78, 5) is 24.6. The van der Waals surface area contributed by atoms with Crippen LogP contribution in [0.2, 0.25) is 0 Å². The molecule has 1 aliphatic heterocycles. The molecule has 4 nitrogen and oxygen atoms in total. The molecule has 0 radical (unpaired) electrons. The van der Waals surface area contributed by atoms with Crippen molar-refractivity contribution < 1.29 is 9.59 Å². The molecular weight excluding hydrogens is 216 g/mol. The Morgan fingerprint density at radius 2 is 1.35 bits per heavy atom. The molecule has 1 saturated heterocycles. The van der Waals surface area contributed by atoms with Gasteiger partial charge in [0.05, 0.1) is 0 Å². The van der Waals surface area contributed by atoms with E-state index in [1.807, 2.05) is 0 Å². The van der Waals surface area contributed by atoms with Crippen LogP contribution in [0.15, 0.2) is 0 Å². The third-order valence-electron chi connectivity index (χ3n) is 3.21. The second-order valence-corrected chi connectivity index (χ2v) is 6.36. The molecule has 0 saturated carbocycles. The van der Waals surface area contributed by atoms with Gasteiger partial charge < -0.3 is 5.32 Å². The lowest BCUT2D eigenvalue weighted by atomic mass is 9.79. The van der Waals surface area contributed by atoms with Crippen LogP contribution < -0.4 is 5.32 Å². The first-order valence-electron chi connectivity index (χ1n) is 6.14. The topological polar surface area (TPSA) is 49.4 Å². The fourth-order valence-corrected chi connectivity index (χ4v) is 3.19. The van der Waals surface area contributed by atoms with Crippen molar-refractivity contribution >= 4 is 11.8 Å². The summed E-state index contributed by atoms with van der Waals surface area (Å²) in [7, 11) is 0. The average molecular weight is 240 g/mol. The smallest absolute Gasteiger partial charge is 0.226 e. The molecule has 1 fully saturated rings. The molecule has 1 rings (SSSR count). The minimum atomic E-state index is -0.156. The molecule has 0 unspecified atom stereocenters. The first kappa shape index (κ1) is 14.2. The predicted molar refractivity (Wildman–Crippen MR) is 67.5 cm³/mol. The van der Waals surface area contributed by atoms with Crippen molar-refractivity contribution in [1.82, 2.24) is 10.2 Å². The Bertz CT molecular complexity index is 304. The van der Waals surface area contributed by atoms with Crippen molar-refractivity contribution in [3.8, 4) is 0 Å². The molecule has 17 heavy (non-hydrogen) atoms. The Balaban J connectivity index is 2.96. The van der Waals surface area contributed by atoms with E-state index in [0.717, 1.165) is 12.8 Å². The Hall–Kier alpha value is -0.900. The summed E-state index contributed by atoms with van der Waals surface area (Å²) >= 11 is 0. The molecule has 0 bridgehead atoms. The minimum Gasteiger partial charge on any atom is -0.307 e. The highest BCUT2D eigenvalue weighted by Gasteiger charge is 2.41. The summed E-state index contributed by atoms with van der Waals surface area (Å²) in [5, 5.41) is 3.55. The number of piperidine rings is 1. The largest absolute Gasteiger partial charge is 0.307 e. The lowest BCUT2D eigenvalue weighted by Crippen LogP contribution is -2.63. The van der Waals surface area contributed by atoms with E-state index in [4.69, 9.17) is 0 Å². The average Bonchev–Trinajstić information content (AvgIpc) is 1.93. The first-order valence-corrected chi connectivity index (χ1v) is 6.14. The van der Waals surface area contributed by atoms with E-state index in [2.05, 4.69) is 33.0 Å². The molecule has 0 spiro atoms. The summed E-state index contributed by atoms with van der Waals surface area (Å²) in [5.41, 5.74) is -0.120. The molecule has 1 N–H and O–H groups in total. The van der Waals surface area contributed by atoms with Crippen molar-refractivity contribution in [2.75, 3.05) is 0 Å². The number of carbonyl (C=O) groups is 2. The van der Waals surface area contributed by atoms with Crippen LogP contribution in [-0.4, -0.2) is 33.8 Å². The van der Waals surface area contributed by atoms with E-state index in [1.165, 1.54) is 18.7 Å². The fraction of sp³-hybridized carbons (Fsp3) is 0.846. The number of hydrogen-bond donors (Lipinski definition) is 1. The van der Waals surface area contributed by atoms with Gasteiger partial charge in [0.2, 0.25) is 11.8 Å². The summed E-state index contributed by atoms with van der Waals surface area (Å²) in [6.45, 7) is 11.4. The van der Waals surface area contributed by atoms with Gasteiger partial charge in [0.25, 0.3) is 0 Å². The molecule has 1 heterocycles. The van der Waals surface area contributed by atoms with E-state index >= 15 is 0 Å². The van der Waals surface area contributed by atoms with Crippen LogP contribution in [0.1, 0.15) is 54.4 Å². The standard InChI is InChI=1S/C13H24N2O2/c1-9(16)15(10(2)17)11-7-12(3,4)14-13(5,6)8-11/h11,14H,7-8H2,1-6H3. The van der Waals surface area contributed by atoms with E-state index in [9.17, 15) is 9.59 Å². The van der Waals surface area contributed by atoms with Gasteiger partial charge in [0.15, 0.2) is 0 Å². The maximum absolute atomic E-state index is 11.6. The van der Waals surface area contributed by atoms with Crippen LogP contribution in [0, 0.1) is 0 Å². The predicted octanol–water partition coefficient (Wildman–Crippen LogP) is 1.69. The van der Waals surface area contributed by atoms with E-state index in [1.54, 1.807) is 0 Å². The van der Waals surface area contributed by atoms with Crippen LogP contribution in [0.3, 0.4) is 0 Å². The SMILES string of the molecule is CC(=O)N(C(C)=O)C1CC(C)(C)NC(C)(C)C1. The highest BCUT2D eigenvalue weighted by atomic mass is 16.2. The van der Waals surface area contributed by atoms with Crippen molar-refractivity contribution in [3.05, 3.63) is 0 Å². The number of imide groups is 1. The maximum Gasteiger partial charge on any atom is 0.226 e. The second-order valence-electron chi connectivity index (χ2n) is 6.36. The molecule has 4 heteroatoms. The Kier molecular flexibility index (Phi) is 3.67. The zero-order chi connectivity index (χ0) is 13.4. The molecule has 0 aromatic rings. The van der Waals surface area contributed by atoms with Gasteiger partial charge in [-0.2, -0.15) is 0 Å². The van der Waals surface area contributed by atoms with Gasteiger partial charge in [-0.25, -0.2) is 0 Å². The number of amides is 2. The third kappa shape index (κ3) is 3.53. The van der Waals surface area contributed by atoms with Gasteiger partial charge >= 0.3 is 0 Å². The van der Waals surface area contributed by atoms with Crippen LogP contribution in [0.25, 0.3) is 0 Å². The van der Waals surface area contributed by atoms with Crippen molar-refractivity contribution in [3.63, 3.8) is 0 Å². The maximum atomic E-state index is 11.6. The molecular formula is C13H24N2O2. The van der Waals surface area contributed by atoms with Crippen LogP contribution in [-0.2, 0) is 9.59 Å². The first-order chi connectivity index (χ1) is 7.54. The second kappa shape index (κ2) is 4.41. The number of nitrogens with one attached hydrogen (secondary N) is 1. The van der Waals surface area contributed by atoms with Crippen LogP contribution >= 0.6 is 0 Å². The number of hydrogen-bond acceptors (Lipinski definition) is 3. The molecule has 0 aromatic carbocycles. The summed E-state index contributed by atoms with van der Waals surface area (Å²) < 4.78 is 0. The zero-order valence-electron chi connectivity index (χ0n) is 11.8. The van der Waals surface area contributed by atoms with Crippen LogP contribution in [0.4, 0.5) is 0 Å². The lowest BCUT2D eigenvalue weighted by Gasteiger charge is -2.48. The third-order valence-corrected chi connectivity index (χ3v) is 3.21.